The number of guanidine groups is 1. The molecule has 3 rings (SSSR count). The summed E-state index contributed by atoms with van der Waals surface area (Å²) in [5.74, 6) is 4.56. The van der Waals surface area contributed by atoms with Gasteiger partial charge in [0.2, 0.25) is 0 Å². The van der Waals surface area contributed by atoms with Gasteiger partial charge < -0.3 is 15.2 Å². The molecule has 6 heteroatoms. The number of rotatable bonds is 3. The first kappa shape index (κ1) is 16.3. The summed E-state index contributed by atoms with van der Waals surface area (Å²) in [6.45, 7) is 6.36. The van der Waals surface area contributed by atoms with Gasteiger partial charge in [0.25, 0.3) is 0 Å². The molecule has 0 aromatic carbocycles. The van der Waals surface area contributed by atoms with Crippen molar-refractivity contribution in [3.05, 3.63) is 11.6 Å². The monoisotopic (exact) mass is 318 g/mol. The van der Waals surface area contributed by atoms with Crippen LogP contribution in [0.25, 0.3) is 0 Å². The second kappa shape index (κ2) is 7.32. The van der Waals surface area contributed by atoms with E-state index in [0.29, 0.717) is 12.0 Å². The fraction of sp³-hybridized carbons (Fsp3) is 0.824. The number of aliphatic imine (C=N–C) groups is 1. The minimum Gasteiger partial charge on any atom is -0.356 e. The molecular weight excluding hydrogens is 288 g/mol. The lowest BCUT2D eigenvalue weighted by molar-refractivity contribution is 0.321. The van der Waals surface area contributed by atoms with Crippen molar-refractivity contribution >= 4 is 5.96 Å². The molecule has 1 aliphatic heterocycles. The van der Waals surface area contributed by atoms with E-state index in [1.54, 1.807) is 0 Å². The van der Waals surface area contributed by atoms with Gasteiger partial charge in [-0.25, -0.2) is 0 Å². The lowest BCUT2D eigenvalue weighted by atomic mass is 9.87. The zero-order valence-electron chi connectivity index (χ0n) is 14.7. The zero-order valence-corrected chi connectivity index (χ0v) is 14.7. The SMILES string of the molecule is CN=C(NCC1CCc2nnc(C)n2C1)NC1CCCC(C)C1. The van der Waals surface area contributed by atoms with Crippen molar-refractivity contribution in [2.75, 3.05) is 13.6 Å². The maximum Gasteiger partial charge on any atom is 0.191 e. The van der Waals surface area contributed by atoms with Crippen LogP contribution < -0.4 is 10.6 Å². The molecule has 23 heavy (non-hydrogen) atoms. The molecular formula is C17H30N6. The summed E-state index contributed by atoms with van der Waals surface area (Å²) >= 11 is 0. The van der Waals surface area contributed by atoms with Crippen molar-refractivity contribution < 1.29 is 0 Å². The van der Waals surface area contributed by atoms with Crippen LogP contribution in [0.1, 0.15) is 50.7 Å². The van der Waals surface area contributed by atoms with E-state index in [1.807, 2.05) is 14.0 Å². The average molecular weight is 318 g/mol. The summed E-state index contributed by atoms with van der Waals surface area (Å²) in [6, 6.07) is 0.572. The van der Waals surface area contributed by atoms with Crippen molar-refractivity contribution in [3.8, 4) is 0 Å². The Morgan fingerprint density at radius 2 is 2.17 bits per heavy atom. The summed E-state index contributed by atoms with van der Waals surface area (Å²) in [5, 5.41) is 15.6. The zero-order chi connectivity index (χ0) is 16.2. The van der Waals surface area contributed by atoms with Crippen LogP contribution in [-0.2, 0) is 13.0 Å². The molecule has 1 aliphatic carbocycles. The number of hydrogen-bond acceptors (Lipinski definition) is 3. The second-order valence-electron chi connectivity index (χ2n) is 7.24. The van der Waals surface area contributed by atoms with Gasteiger partial charge in [-0.2, -0.15) is 0 Å². The molecule has 2 aliphatic rings. The summed E-state index contributed by atoms with van der Waals surface area (Å²) in [4.78, 5) is 4.41. The number of aromatic nitrogens is 3. The Hall–Kier alpha value is -1.59. The second-order valence-corrected chi connectivity index (χ2v) is 7.24. The maximum absolute atomic E-state index is 4.41. The molecule has 0 amide bonds. The van der Waals surface area contributed by atoms with Crippen molar-refractivity contribution in [2.45, 2.75) is 65.0 Å². The van der Waals surface area contributed by atoms with Crippen LogP contribution in [0.15, 0.2) is 4.99 Å². The van der Waals surface area contributed by atoms with Crippen molar-refractivity contribution in [2.24, 2.45) is 16.8 Å². The third-order valence-electron chi connectivity index (χ3n) is 5.29. The first-order chi connectivity index (χ1) is 11.2. The summed E-state index contributed by atoms with van der Waals surface area (Å²) in [6.07, 6.45) is 7.41. The third kappa shape index (κ3) is 4.03. The predicted molar refractivity (Wildman–Crippen MR) is 92.5 cm³/mol. The number of nitrogens with one attached hydrogen (secondary N) is 2. The van der Waals surface area contributed by atoms with Gasteiger partial charge in [0.05, 0.1) is 0 Å². The largest absolute Gasteiger partial charge is 0.356 e. The molecule has 0 radical (unpaired) electrons. The molecule has 0 bridgehead atoms. The number of hydrogen-bond donors (Lipinski definition) is 2. The highest BCUT2D eigenvalue weighted by molar-refractivity contribution is 5.79. The lowest BCUT2D eigenvalue weighted by Gasteiger charge is -2.30. The molecule has 2 N–H and O–H groups in total. The molecule has 0 spiro atoms. The van der Waals surface area contributed by atoms with Crippen LogP contribution in [-0.4, -0.2) is 40.4 Å². The van der Waals surface area contributed by atoms with Crippen molar-refractivity contribution in [3.63, 3.8) is 0 Å². The van der Waals surface area contributed by atoms with Crippen LogP contribution in [0.5, 0.6) is 0 Å². The Labute approximate surface area is 139 Å². The van der Waals surface area contributed by atoms with Gasteiger partial charge in [-0.1, -0.05) is 19.8 Å². The van der Waals surface area contributed by atoms with Crippen molar-refractivity contribution in [1.29, 1.82) is 0 Å². The highest BCUT2D eigenvalue weighted by Gasteiger charge is 2.23. The van der Waals surface area contributed by atoms with Gasteiger partial charge in [-0.15, -0.1) is 10.2 Å². The molecule has 1 fully saturated rings. The number of aryl methyl sites for hydroxylation is 2. The minimum absolute atomic E-state index is 0.572. The van der Waals surface area contributed by atoms with Gasteiger partial charge in [0.1, 0.15) is 11.6 Å². The third-order valence-corrected chi connectivity index (χ3v) is 5.29. The molecule has 1 saturated carbocycles. The summed E-state index contributed by atoms with van der Waals surface area (Å²) < 4.78 is 2.26. The fourth-order valence-electron chi connectivity index (χ4n) is 3.89. The van der Waals surface area contributed by atoms with Crippen LogP contribution in [0.4, 0.5) is 0 Å². The van der Waals surface area contributed by atoms with E-state index >= 15 is 0 Å². The minimum atomic E-state index is 0.572. The Morgan fingerprint density at radius 1 is 1.30 bits per heavy atom. The van der Waals surface area contributed by atoms with E-state index in [0.717, 1.165) is 43.0 Å². The highest BCUT2D eigenvalue weighted by Crippen LogP contribution is 2.23. The van der Waals surface area contributed by atoms with Crippen LogP contribution >= 0.6 is 0 Å². The molecule has 128 valence electrons. The first-order valence-corrected chi connectivity index (χ1v) is 9.01. The Morgan fingerprint density at radius 3 is 2.96 bits per heavy atom. The Kier molecular flexibility index (Phi) is 5.18. The standard InChI is InChI=1S/C17H30N6/c1-12-5-4-6-15(9-12)20-17(18-3)19-10-14-7-8-16-22-21-13(2)23(16)11-14/h12,14-15H,4-11H2,1-3H3,(H2,18,19,20). The van der Waals surface area contributed by atoms with Gasteiger partial charge >= 0.3 is 0 Å². The average Bonchev–Trinajstić information content (AvgIpc) is 2.92. The van der Waals surface area contributed by atoms with Gasteiger partial charge in [0, 0.05) is 32.6 Å². The topological polar surface area (TPSA) is 67.1 Å². The molecule has 2 heterocycles. The number of fused-ring (bicyclic) bond motifs is 1. The van der Waals surface area contributed by atoms with E-state index in [1.165, 1.54) is 32.1 Å². The van der Waals surface area contributed by atoms with E-state index in [9.17, 15) is 0 Å². The van der Waals surface area contributed by atoms with Gasteiger partial charge in [-0.3, -0.25) is 4.99 Å². The molecule has 6 nitrogen and oxygen atoms in total. The maximum atomic E-state index is 4.41. The summed E-state index contributed by atoms with van der Waals surface area (Å²) in [5.41, 5.74) is 0. The van der Waals surface area contributed by atoms with Crippen LogP contribution in [0.3, 0.4) is 0 Å². The molecule has 1 aromatic heterocycles. The Balaban J connectivity index is 1.48. The fourth-order valence-corrected chi connectivity index (χ4v) is 3.89. The van der Waals surface area contributed by atoms with Crippen LogP contribution in [0.2, 0.25) is 0 Å². The lowest BCUT2D eigenvalue weighted by Crippen LogP contribution is -2.47. The van der Waals surface area contributed by atoms with Gasteiger partial charge in [0.15, 0.2) is 5.96 Å². The molecule has 3 atom stereocenters. The van der Waals surface area contributed by atoms with E-state index in [4.69, 9.17) is 0 Å². The molecule has 1 aromatic rings. The van der Waals surface area contributed by atoms with Gasteiger partial charge in [-0.05, 0) is 38.0 Å². The quantitative estimate of drug-likeness (QED) is 0.660. The van der Waals surface area contributed by atoms with E-state index in [2.05, 4.69) is 37.3 Å². The van der Waals surface area contributed by atoms with Crippen molar-refractivity contribution in [1.82, 2.24) is 25.4 Å². The highest BCUT2D eigenvalue weighted by atomic mass is 15.3. The Bertz CT molecular complexity index is 549. The smallest absolute Gasteiger partial charge is 0.191 e. The van der Waals surface area contributed by atoms with Crippen LogP contribution in [0, 0.1) is 18.8 Å². The predicted octanol–water partition coefficient (Wildman–Crippen LogP) is 1.89. The summed E-state index contributed by atoms with van der Waals surface area (Å²) in [7, 11) is 1.87. The van der Waals surface area contributed by atoms with E-state index in [-0.39, 0.29) is 0 Å². The molecule has 0 saturated heterocycles. The number of nitrogens with zero attached hydrogens (tertiary/aromatic N) is 4. The normalized spacial score (nSPS) is 28.3. The van der Waals surface area contributed by atoms with E-state index < -0.39 is 0 Å². The first-order valence-electron chi connectivity index (χ1n) is 9.01. The molecule has 3 unspecified atom stereocenters.